The second kappa shape index (κ2) is 5.92. The van der Waals surface area contributed by atoms with Crippen LogP contribution in [0.1, 0.15) is 6.42 Å². The molecule has 1 aliphatic rings. The molecular formula is C9H12ClF2NO4S. The number of carbonyl (C=O) groups excluding carboxylic acids is 2. The van der Waals surface area contributed by atoms with Crippen LogP contribution >= 0.6 is 11.6 Å². The number of rotatable bonds is 4. The second-order valence-electron chi connectivity index (χ2n) is 3.98. The number of alkyl halides is 3. The van der Waals surface area contributed by atoms with Gasteiger partial charge in [0.25, 0.3) is 5.91 Å². The number of nitrogens with zero attached hydrogens (tertiary/aromatic N) is 1. The van der Waals surface area contributed by atoms with Gasteiger partial charge >= 0.3 is 6.43 Å². The lowest BCUT2D eigenvalue weighted by Crippen LogP contribution is -2.53. The van der Waals surface area contributed by atoms with E-state index in [9.17, 15) is 26.8 Å². The van der Waals surface area contributed by atoms with E-state index in [4.69, 9.17) is 11.6 Å². The van der Waals surface area contributed by atoms with Gasteiger partial charge in [0.2, 0.25) is 0 Å². The van der Waals surface area contributed by atoms with Gasteiger partial charge in [0, 0.05) is 13.0 Å². The van der Waals surface area contributed by atoms with Gasteiger partial charge in [-0.15, -0.1) is 11.6 Å². The maximum Gasteiger partial charge on any atom is 0.315 e. The fraction of sp³-hybridized carbons (Fsp3) is 0.778. The minimum Gasteiger partial charge on any atom is -0.332 e. The van der Waals surface area contributed by atoms with Crippen molar-refractivity contribution in [2.24, 2.45) is 0 Å². The molecule has 1 unspecified atom stereocenters. The first-order valence-electron chi connectivity index (χ1n) is 5.13. The summed E-state index contributed by atoms with van der Waals surface area (Å²) in [5.74, 6) is -3.11. The smallest absolute Gasteiger partial charge is 0.315 e. The van der Waals surface area contributed by atoms with Crippen molar-refractivity contribution in [1.29, 1.82) is 0 Å². The second-order valence-corrected chi connectivity index (χ2v) is 6.47. The number of ketones is 1. The molecule has 5 nitrogen and oxygen atoms in total. The molecule has 0 bridgehead atoms. The Morgan fingerprint density at radius 3 is 2.50 bits per heavy atom. The van der Waals surface area contributed by atoms with E-state index < -0.39 is 39.7 Å². The van der Waals surface area contributed by atoms with Gasteiger partial charge in [0.15, 0.2) is 9.84 Å². The molecule has 1 fully saturated rings. The van der Waals surface area contributed by atoms with Crippen LogP contribution in [0.5, 0.6) is 0 Å². The molecule has 1 saturated heterocycles. The van der Waals surface area contributed by atoms with Crippen molar-refractivity contribution in [2.45, 2.75) is 18.9 Å². The van der Waals surface area contributed by atoms with Crippen molar-refractivity contribution in [3.63, 3.8) is 0 Å². The number of amides is 1. The third-order valence-electron chi connectivity index (χ3n) is 2.61. The summed E-state index contributed by atoms with van der Waals surface area (Å²) in [7, 11) is -3.41. The monoisotopic (exact) mass is 303 g/mol. The molecular weight excluding hydrogens is 292 g/mol. The maximum atomic E-state index is 12.3. The zero-order valence-electron chi connectivity index (χ0n) is 9.31. The van der Waals surface area contributed by atoms with E-state index in [0.717, 1.165) is 4.90 Å². The average Bonchev–Trinajstić information content (AvgIpc) is 2.27. The third-order valence-corrected chi connectivity index (χ3v) is 4.61. The Bertz CT molecular complexity index is 440. The lowest BCUT2D eigenvalue weighted by Gasteiger charge is -2.34. The molecule has 1 rings (SSSR count). The van der Waals surface area contributed by atoms with Gasteiger partial charge in [-0.25, -0.2) is 8.42 Å². The van der Waals surface area contributed by atoms with Gasteiger partial charge in [-0.2, -0.15) is 8.78 Å². The van der Waals surface area contributed by atoms with E-state index in [-0.39, 0.29) is 24.6 Å². The van der Waals surface area contributed by atoms with E-state index in [1.165, 1.54) is 0 Å². The molecule has 0 saturated carbocycles. The van der Waals surface area contributed by atoms with E-state index in [1.807, 2.05) is 0 Å². The van der Waals surface area contributed by atoms with Gasteiger partial charge in [0.1, 0.15) is 5.78 Å². The van der Waals surface area contributed by atoms with Crippen LogP contribution in [-0.2, 0) is 19.4 Å². The number of hydrogen-bond donors (Lipinski definition) is 0. The number of hydrogen-bond acceptors (Lipinski definition) is 4. The average molecular weight is 304 g/mol. The van der Waals surface area contributed by atoms with Crippen LogP contribution < -0.4 is 0 Å². The van der Waals surface area contributed by atoms with Crippen LogP contribution in [0.2, 0.25) is 0 Å². The summed E-state index contributed by atoms with van der Waals surface area (Å²) in [5, 5.41) is 0. The Morgan fingerprint density at radius 1 is 1.39 bits per heavy atom. The van der Waals surface area contributed by atoms with Crippen molar-refractivity contribution in [3.8, 4) is 0 Å². The topological polar surface area (TPSA) is 71.5 Å². The quantitative estimate of drug-likeness (QED) is 0.689. The van der Waals surface area contributed by atoms with Crippen LogP contribution in [0.3, 0.4) is 0 Å². The lowest BCUT2D eigenvalue weighted by atomic mass is 10.1. The lowest BCUT2D eigenvalue weighted by molar-refractivity contribution is -0.145. The van der Waals surface area contributed by atoms with Crippen LogP contribution in [0.15, 0.2) is 0 Å². The molecule has 104 valence electrons. The fourth-order valence-electron chi connectivity index (χ4n) is 1.79. The molecule has 9 heteroatoms. The minimum absolute atomic E-state index is 0.314. The summed E-state index contributed by atoms with van der Waals surface area (Å²) in [6.45, 7) is -0.314. The van der Waals surface area contributed by atoms with E-state index in [1.54, 1.807) is 0 Å². The van der Waals surface area contributed by atoms with Gasteiger partial charge in [-0.3, -0.25) is 9.59 Å². The van der Waals surface area contributed by atoms with E-state index in [0.29, 0.717) is 0 Å². The molecule has 0 spiro atoms. The predicted octanol–water partition coefficient (Wildman–Crippen LogP) is 0.0751. The van der Waals surface area contributed by atoms with Crippen LogP contribution in [0.25, 0.3) is 0 Å². The highest BCUT2D eigenvalue weighted by Crippen LogP contribution is 2.18. The summed E-state index contributed by atoms with van der Waals surface area (Å²) in [6, 6.07) is -1.04. The Balaban J connectivity index is 2.87. The molecule has 1 amide bonds. The van der Waals surface area contributed by atoms with E-state index >= 15 is 0 Å². The summed E-state index contributed by atoms with van der Waals surface area (Å²) < 4.78 is 47.5. The van der Waals surface area contributed by atoms with Gasteiger partial charge in [-0.05, 0) is 0 Å². The third kappa shape index (κ3) is 3.88. The van der Waals surface area contributed by atoms with Crippen molar-refractivity contribution in [3.05, 3.63) is 0 Å². The number of sulfone groups is 1. The Hall–Kier alpha value is -0.760. The van der Waals surface area contributed by atoms with Crippen molar-refractivity contribution >= 4 is 33.1 Å². The first-order chi connectivity index (χ1) is 8.26. The van der Waals surface area contributed by atoms with Crippen molar-refractivity contribution in [2.75, 3.05) is 23.9 Å². The summed E-state index contributed by atoms with van der Waals surface area (Å²) in [5.41, 5.74) is 0. The molecule has 0 aromatic rings. The van der Waals surface area contributed by atoms with Crippen molar-refractivity contribution < 1.29 is 26.8 Å². The predicted molar refractivity (Wildman–Crippen MR) is 60.5 cm³/mol. The molecule has 18 heavy (non-hydrogen) atoms. The highest BCUT2D eigenvalue weighted by molar-refractivity contribution is 7.91. The normalized spacial score (nSPS) is 23.1. The molecule has 1 atom stereocenters. The van der Waals surface area contributed by atoms with Crippen molar-refractivity contribution in [1.82, 2.24) is 4.90 Å². The van der Waals surface area contributed by atoms with E-state index in [2.05, 4.69) is 0 Å². The molecule has 1 heterocycles. The van der Waals surface area contributed by atoms with Gasteiger partial charge in [0.05, 0.1) is 23.4 Å². The zero-order valence-corrected chi connectivity index (χ0v) is 10.9. The number of Topliss-reactive ketones (excluding diaryl/α,β-unsaturated/α-hetero) is 1. The summed E-state index contributed by atoms with van der Waals surface area (Å²) in [6.07, 6.45) is -3.53. The van der Waals surface area contributed by atoms with Crippen LogP contribution in [-0.4, -0.2) is 61.4 Å². The molecule has 0 aromatic carbocycles. The minimum atomic E-state index is -3.41. The Morgan fingerprint density at radius 2 is 2.00 bits per heavy atom. The highest BCUT2D eigenvalue weighted by Gasteiger charge is 2.37. The standard InChI is InChI=1S/C9H12ClF2NO4S/c10-4-7(14)3-6-5-18(16,17)2-1-13(6)9(15)8(11)12/h6,8H,1-5H2. The largest absolute Gasteiger partial charge is 0.332 e. The SMILES string of the molecule is O=C(CCl)CC1CS(=O)(=O)CCN1C(=O)C(F)F. The zero-order chi connectivity index (χ0) is 13.9. The molecule has 0 aromatic heterocycles. The first kappa shape index (κ1) is 15.3. The maximum absolute atomic E-state index is 12.3. The molecule has 0 N–H and O–H groups in total. The molecule has 0 aliphatic carbocycles. The molecule has 1 aliphatic heterocycles. The summed E-state index contributed by atoms with van der Waals surface area (Å²) >= 11 is 5.28. The highest BCUT2D eigenvalue weighted by atomic mass is 35.5. The fourth-order valence-corrected chi connectivity index (χ4v) is 3.42. The van der Waals surface area contributed by atoms with Gasteiger partial charge in [-0.1, -0.05) is 0 Å². The Kier molecular flexibility index (Phi) is 5.03. The Labute approximate surface area is 108 Å². The molecule has 0 radical (unpaired) electrons. The van der Waals surface area contributed by atoms with Crippen LogP contribution in [0, 0.1) is 0 Å². The number of halogens is 3. The van der Waals surface area contributed by atoms with Crippen LogP contribution in [0.4, 0.5) is 8.78 Å². The number of carbonyl (C=O) groups is 2. The van der Waals surface area contributed by atoms with Gasteiger partial charge < -0.3 is 4.90 Å². The first-order valence-corrected chi connectivity index (χ1v) is 7.49. The summed E-state index contributed by atoms with van der Waals surface area (Å²) in [4.78, 5) is 23.2.